The Balaban J connectivity index is 0.000000284. The molecule has 0 aliphatic heterocycles. The normalized spacial score (nSPS) is 29.7. The number of esters is 2. The highest BCUT2D eigenvalue weighted by molar-refractivity contribution is 6.28. The first-order valence-electron chi connectivity index (χ1n) is 7.60. The topological polar surface area (TPSA) is 52.6 Å². The SMILES string of the molecule is C=CC(=O)OC(=C)Cl.C=CC(=O)OC1C[C@H]2CC[C@@]1(C)C2(C)C. The van der Waals surface area contributed by atoms with E-state index in [4.69, 9.17) is 16.3 Å². The molecular weight excluding hydrogens is 316 g/mol. The first-order chi connectivity index (χ1) is 10.6. The highest BCUT2D eigenvalue weighted by atomic mass is 35.5. The van der Waals surface area contributed by atoms with Crippen LogP contribution in [0, 0.1) is 16.7 Å². The quantitative estimate of drug-likeness (QED) is 0.433. The molecule has 3 atom stereocenters. The highest BCUT2D eigenvalue weighted by Gasteiger charge is 2.62. The Kier molecular flexibility index (Phi) is 6.23. The third-order valence-corrected chi connectivity index (χ3v) is 5.59. The van der Waals surface area contributed by atoms with Crippen LogP contribution in [0.1, 0.15) is 40.0 Å². The number of hydrogen-bond donors (Lipinski definition) is 0. The summed E-state index contributed by atoms with van der Waals surface area (Å²) in [5.41, 5.74) is 0.468. The maximum atomic E-state index is 11.3. The van der Waals surface area contributed by atoms with Crippen molar-refractivity contribution in [3.8, 4) is 0 Å². The van der Waals surface area contributed by atoms with Gasteiger partial charge in [0.25, 0.3) is 0 Å². The fourth-order valence-corrected chi connectivity index (χ4v) is 3.72. The number of halogens is 1. The minimum absolute atomic E-state index is 0.0942. The third kappa shape index (κ3) is 4.05. The van der Waals surface area contributed by atoms with Crippen molar-refractivity contribution in [2.24, 2.45) is 16.7 Å². The second-order valence-electron chi connectivity index (χ2n) is 6.72. The summed E-state index contributed by atoms with van der Waals surface area (Å²) in [6.07, 6.45) is 5.86. The molecule has 128 valence electrons. The lowest BCUT2D eigenvalue weighted by molar-refractivity contribution is -0.150. The van der Waals surface area contributed by atoms with E-state index in [-0.39, 0.29) is 22.7 Å². The van der Waals surface area contributed by atoms with Gasteiger partial charge in [0.1, 0.15) is 6.10 Å². The molecule has 2 aliphatic rings. The Labute approximate surface area is 143 Å². The van der Waals surface area contributed by atoms with E-state index in [0.717, 1.165) is 12.5 Å². The third-order valence-electron chi connectivity index (χ3n) is 5.52. The summed E-state index contributed by atoms with van der Waals surface area (Å²) >= 11 is 5.07. The zero-order valence-electron chi connectivity index (χ0n) is 14.1. The van der Waals surface area contributed by atoms with Crippen LogP contribution < -0.4 is 0 Å². The molecule has 23 heavy (non-hydrogen) atoms. The molecule has 4 nitrogen and oxygen atoms in total. The largest absolute Gasteiger partial charge is 0.459 e. The summed E-state index contributed by atoms with van der Waals surface area (Å²) in [7, 11) is 0. The van der Waals surface area contributed by atoms with E-state index in [1.165, 1.54) is 18.9 Å². The van der Waals surface area contributed by atoms with Crippen molar-refractivity contribution in [2.75, 3.05) is 0 Å². The van der Waals surface area contributed by atoms with Crippen molar-refractivity contribution in [1.82, 2.24) is 0 Å². The fourth-order valence-electron chi connectivity index (χ4n) is 3.65. The van der Waals surface area contributed by atoms with Gasteiger partial charge in [0.15, 0.2) is 5.22 Å². The van der Waals surface area contributed by atoms with Gasteiger partial charge in [-0.1, -0.05) is 33.9 Å². The van der Waals surface area contributed by atoms with Gasteiger partial charge >= 0.3 is 11.9 Å². The Morgan fingerprint density at radius 2 is 1.74 bits per heavy atom. The van der Waals surface area contributed by atoms with Gasteiger partial charge in [-0.3, -0.25) is 0 Å². The Hall–Kier alpha value is -1.55. The Bertz CT molecular complexity index is 523. The molecule has 0 saturated heterocycles. The van der Waals surface area contributed by atoms with Gasteiger partial charge in [-0.05, 0) is 48.8 Å². The molecule has 5 heteroatoms. The number of fused-ring (bicyclic) bond motifs is 2. The molecule has 2 aliphatic carbocycles. The van der Waals surface area contributed by atoms with Crippen LogP contribution in [0.4, 0.5) is 0 Å². The van der Waals surface area contributed by atoms with Crippen LogP contribution in [-0.4, -0.2) is 18.0 Å². The van der Waals surface area contributed by atoms with Gasteiger partial charge in [0.05, 0.1) is 0 Å². The molecule has 0 radical (unpaired) electrons. The van der Waals surface area contributed by atoms with Crippen LogP contribution in [-0.2, 0) is 19.1 Å². The van der Waals surface area contributed by atoms with Crippen LogP contribution in [0.25, 0.3) is 0 Å². The Morgan fingerprint density at radius 1 is 1.17 bits per heavy atom. The molecule has 0 aromatic rings. The first-order valence-corrected chi connectivity index (χ1v) is 7.98. The average Bonchev–Trinajstić information content (AvgIpc) is 2.80. The van der Waals surface area contributed by atoms with Crippen molar-refractivity contribution in [2.45, 2.75) is 46.1 Å². The molecule has 2 rings (SSSR count). The van der Waals surface area contributed by atoms with Crippen LogP contribution in [0.5, 0.6) is 0 Å². The lowest BCUT2D eigenvalue weighted by Gasteiger charge is -2.38. The molecule has 2 bridgehead atoms. The van der Waals surface area contributed by atoms with Crippen LogP contribution in [0.2, 0.25) is 0 Å². The van der Waals surface area contributed by atoms with Gasteiger partial charge < -0.3 is 9.47 Å². The Morgan fingerprint density at radius 3 is 2.04 bits per heavy atom. The van der Waals surface area contributed by atoms with Crippen molar-refractivity contribution < 1.29 is 19.1 Å². The number of ether oxygens (including phenoxy) is 2. The van der Waals surface area contributed by atoms with Gasteiger partial charge in [0.2, 0.25) is 0 Å². The standard InChI is InChI=1S/C13H20O2.C5H5ClO2/c1-5-11(14)15-10-8-9-6-7-13(10,4)12(9,2)3;1-3-5(7)8-4(2)6/h5,9-10H,1,6-8H2,2-4H3;3H,1-2H2/t9-,10?,13-;/m1./s1. The zero-order valence-corrected chi connectivity index (χ0v) is 14.8. The van der Waals surface area contributed by atoms with E-state index in [1.807, 2.05) is 0 Å². The van der Waals surface area contributed by atoms with E-state index in [1.54, 1.807) is 0 Å². The van der Waals surface area contributed by atoms with E-state index < -0.39 is 5.97 Å². The molecule has 0 N–H and O–H groups in total. The van der Waals surface area contributed by atoms with E-state index in [9.17, 15) is 9.59 Å². The second-order valence-corrected chi connectivity index (χ2v) is 7.14. The van der Waals surface area contributed by atoms with Crippen molar-refractivity contribution in [1.29, 1.82) is 0 Å². The van der Waals surface area contributed by atoms with E-state index >= 15 is 0 Å². The van der Waals surface area contributed by atoms with Gasteiger partial charge in [-0.2, -0.15) is 0 Å². The summed E-state index contributed by atoms with van der Waals surface area (Å²) < 4.78 is 9.69. The monoisotopic (exact) mass is 340 g/mol. The lowest BCUT2D eigenvalue weighted by Crippen LogP contribution is -2.38. The predicted molar refractivity (Wildman–Crippen MR) is 90.6 cm³/mol. The van der Waals surface area contributed by atoms with Crippen LogP contribution in [0.15, 0.2) is 37.1 Å². The molecule has 2 saturated carbocycles. The molecule has 0 aromatic carbocycles. The summed E-state index contributed by atoms with van der Waals surface area (Å²) in [5, 5.41) is -0.144. The molecule has 2 fully saturated rings. The van der Waals surface area contributed by atoms with Crippen molar-refractivity contribution in [3.05, 3.63) is 37.1 Å². The van der Waals surface area contributed by atoms with Gasteiger partial charge in [0, 0.05) is 17.6 Å². The lowest BCUT2D eigenvalue weighted by atomic mass is 9.70. The maximum absolute atomic E-state index is 11.3. The number of carbonyl (C=O) groups is 2. The van der Waals surface area contributed by atoms with Crippen LogP contribution in [0.3, 0.4) is 0 Å². The number of hydrogen-bond acceptors (Lipinski definition) is 4. The zero-order chi connectivity index (χ0) is 17.8. The maximum Gasteiger partial charge on any atom is 0.336 e. The molecule has 0 amide bonds. The minimum atomic E-state index is -0.593. The molecule has 0 spiro atoms. The molecule has 0 aromatic heterocycles. The smallest absolute Gasteiger partial charge is 0.336 e. The van der Waals surface area contributed by atoms with Crippen molar-refractivity contribution in [3.63, 3.8) is 0 Å². The second kappa shape index (κ2) is 7.35. The van der Waals surface area contributed by atoms with Crippen LogP contribution >= 0.6 is 11.6 Å². The fraction of sp³-hybridized carbons (Fsp3) is 0.556. The number of carbonyl (C=O) groups excluding carboxylic acids is 2. The summed E-state index contributed by atoms with van der Waals surface area (Å²) in [4.78, 5) is 21.4. The highest BCUT2D eigenvalue weighted by Crippen LogP contribution is 2.66. The summed E-state index contributed by atoms with van der Waals surface area (Å²) in [6, 6.07) is 0. The summed E-state index contributed by atoms with van der Waals surface area (Å²) in [5.74, 6) is -0.153. The predicted octanol–water partition coefficient (Wildman–Crippen LogP) is 4.36. The first kappa shape index (κ1) is 19.5. The number of rotatable bonds is 4. The molecular formula is C18H25ClO4. The van der Waals surface area contributed by atoms with Gasteiger partial charge in [-0.15, -0.1) is 0 Å². The van der Waals surface area contributed by atoms with Gasteiger partial charge in [-0.25, -0.2) is 9.59 Å². The molecule has 1 unspecified atom stereocenters. The van der Waals surface area contributed by atoms with E-state index in [0.29, 0.717) is 11.3 Å². The molecule has 0 heterocycles. The van der Waals surface area contributed by atoms with Crippen molar-refractivity contribution >= 4 is 23.5 Å². The average molecular weight is 341 g/mol. The summed E-state index contributed by atoms with van der Waals surface area (Å²) in [6.45, 7) is 16.6. The van der Waals surface area contributed by atoms with E-state index in [2.05, 4.69) is 45.2 Å². The minimum Gasteiger partial charge on any atom is -0.459 e.